The molecule has 1 heterocycles. The number of hydrogen-bond donors (Lipinski definition) is 1. The summed E-state index contributed by atoms with van der Waals surface area (Å²) in [6, 6.07) is 2.55. The Balaban J connectivity index is 1.47. The monoisotopic (exact) mass is 251 g/mol. The van der Waals surface area contributed by atoms with Crippen LogP contribution in [0, 0.1) is 5.92 Å². The van der Waals surface area contributed by atoms with Gasteiger partial charge in [-0.3, -0.25) is 4.90 Å². The van der Waals surface area contributed by atoms with Gasteiger partial charge in [0.05, 0.1) is 0 Å². The second-order valence-corrected chi connectivity index (χ2v) is 6.84. The normalized spacial score (nSPS) is 37.8. The van der Waals surface area contributed by atoms with Gasteiger partial charge >= 0.3 is 0 Å². The van der Waals surface area contributed by atoms with Gasteiger partial charge in [-0.15, -0.1) is 0 Å². The first-order valence-electron chi connectivity index (χ1n) is 7.88. The standard InChI is InChI=1S/C15H29N3/c1-17(2)14-4-3-9-18(11-14)15-8-5-12(15)10-16-13-6-7-13/h12-16H,3-11H2,1-2H3. The van der Waals surface area contributed by atoms with E-state index < -0.39 is 0 Å². The van der Waals surface area contributed by atoms with E-state index in [1.54, 1.807) is 0 Å². The lowest BCUT2D eigenvalue weighted by Crippen LogP contribution is -2.56. The minimum Gasteiger partial charge on any atom is -0.314 e. The number of likely N-dealkylation sites (N-methyl/N-ethyl adjacent to an activating group) is 1. The molecule has 18 heavy (non-hydrogen) atoms. The fourth-order valence-corrected chi connectivity index (χ4v) is 3.58. The second kappa shape index (κ2) is 5.48. The van der Waals surface area contributed by atoms with Crippen LogP contribution in [0.5, 0.6) is 0 Å². The first kappa shape index (κ1) is 12.9. The Morgan fingerprint density at radius 2 is 1.94 bits per heavy atom. The third-order valence-corrected chi connectivity index (χ3v) is 5.25. The molecular formula is C15H29N3. The summed E-state index contributed by atoms with van der Waals surface area (Å²) in [4.78, 5) is 5.21. The Kier molecular flexibility index (Phi) is 3.92. The van der Waals surface area contributed by atoms with E-state index in [2.05, 4.69) is 29.2 Å². The number of nitrogens with zero attached hydrogens (tertiary/aromatic N) is 2. The van der Waals surface area contributed by atoms with E-state index in [0.717, 1.165) is 24.0 Å². The highest BCUT2D eigenvalue weighted by Gasteiger charge is 2.38. The fourth-order valence-electron chi connectivity index (χ4n) is 3.58. The molecule has 0 aromatic heterocycles. The van der Waals surface area contributed by atoms with Crippen LogP contribution >= 0.6 is 0 Å². The molecule has 3 heteroatoms. The highest BCUT2D eigenvalue weighted by Crippen LogP contribution is 2.34. The van der Waals surface area contributed by atoms with Gasteiger partial charge in [0.1, 0.15) is 0 Å². The third-order valence-electron chi connectivity index (χ3n) is 5.25. The zero-order valence-corrected chi connectivity index (χ0v) is 12.1. The van der Waals surface area contributed by atoms with Gasteiger partial charge in [0.25, 0.3) is 0 Å². The van der Waals surface area contributed by atoms with Gasteiger partial charge in [-0.05, 0) is 71.6 Å². The molecule has 2 saturated carbocycles. The molecule has 104 valence electrons. The van der Waals surface area contributed by atoms with Crippen molar-refractivity contribution in [3.8, 4) is 0 Å². The Morgan fingerprint density at radius 3 is 2.56 bits per heavy atom. The molecule has 1 N–H and O–H groups in total. The molecule has 0 amide bonds. The van der Waals surface area contributed by atoms with Gasteiger partial charge in [-0.1, -0.05) is 0 Å². The van der Waals surface area contributed by atoms with Crippen molar-refractivity contribution < 1.29 is 0 Å². The van der Waals surface area contributed by atoms with E-state index in [1.165, 1.54) is 58.2 Å². The van der Waals surface area contributed by atoms with Crippen LogP contribution in [-0.2, 0) is 0 Å². The average Bonchev–Trinajstić information content (AvgIpc) is 3.12. The van der Waals surface area contributed by atoms with Gasteiger partial charge in [0, 0.05) is 24.7 Å². The van der Waals surface area contributed by atoms with Crippen molar-refractivity contribution in [2.24, 2.45) is 5.92 Å². The molecule has 3 aliphatic rings. The fraction of sp³-hybridized carbons (Fsp3) is 1.00. The second-order valence-electron chi connectivity index (χ2n) is 6.84. The summed E-state index contributed by atoms with van der Waals surface area (Å²) in [5, 5.41) is 3.72. The van der Waals surface area contributed by atoms with E-state index in [-0.39, 0.29) is 0 Å². The van der Waals surface area contributed by atoms with Gasteiger partial charge in [0.2, 0.25) is 0 Å². The van der Waals surface area contributed by atoms with Crippen LogP contribution in [-0.4, -0.2) is 61.7 Å². The van der Waals surface area contributed by atoms with Crippen molar-refractivity contribution in [2.45, 2.75) is 56.7 Å². The molecule has 0 spiro atoms. The minimum absolute atomic E-state index is 0.788. The molecule has 3 rings (SSSR count). The van der Waals surface area contributed by atoms with E-state index >= 15 is 0 Å². The van der Waals surface area contributed by atoms with E-state index in [9.17, 15) is 0 Å². The predicted octanol–water partition coefficient (Wildman–Crippen LogP) is 1.54. The van der Waals surface area contributed by atoms with E-state index in [1.807, 2.05) is 0 Å². The largest absolute Gasteiger partial charge is 0.314 e. The van der Waals surface area contributed by atoms with Crippen LogP contribution in [0.4, 0.5) is 0 Å². The summed E-state index contributed by atoms with van der Waals surface area (Å²) in [7, 11) is 4.47. The van der Waals surface area contributed by atoms with Crippen molar-refractivity contribution in [3.05, 3.63) is 0 Å². The highest BCUT2D eigenvalue weighted by molar-refractivity contribution is 4.94. The Bertz CT molecular complexity index is 275. The summed E-state index contributed by atoms with van der Waals surface area (Å²) >= 11 is 0. The quantitative estimate of drug-likeness (QED) is 0.800. The third kappa shape index (κ3) is 2.89. The number of rotatable bonds is 5. The molecule has 0 bridgehead atoms. The van der Waals surface area contributed by atoms with Crippen LogP contribution in [0.15, 0.2) is 0 Å². The molecule has 0 aromatic rings. The summed E-state index contributed by atoms with van der Waals surface area (Å²) in [5.74, 6) is 0.937. The number of piperidine rings is 1. The zero-order chi connectivity index (χ0) is 12.5. The van der Waals surface area contributed by atoms with Gasteiger partial charge in [-0.2, -0.15) is 0 Å². The molecule has 1 aliphatic heterocycles. The Hall–Kier alpha value is -0.120. The molecule has 0 radical (unpaired) electrons. The summed E-state index contributed by atoms with van der Waals surface area (Å²) in [6.45, 7) is 3.92. The zero-order valence-electron chi connectivity index (χ0n) is 12.1. The summed E-state index contributed by atoms with van der Waals surface area (Å²) in [6.07, 6.45) is 8.52. The molecule has 2 aliphatic carbocycles. The summed E-state index contributed by atoms with van der Waals surface area (Å²) in [5.41, 5.74) is 0. The van der Waals surface area contributed by atoms with Gasteiger partial charge in [-0.25, -0.2) is 0 Å². The van der Waals surface area contributed by atoms with Gasteiger partial charge < -0.3 is 10.2 Å². The lowest BCUT2D eigenvalue weighted by atomic mass is 9.77. The molecule has 3 unspecified atom stereocenters. The molecule has 3 atom stereocenters. The van der Waals surface area contributed by atoms with Crippen LogP contribution in [0.2, 0.25) is 0 Å². The lowest BCUT2D eigenvalue weighted by molar-refractivity contribution is 0.0198. The molecule has 3 fully saturated rings. The SMILES string of the molecule is CN(C)C1CCCN(C2CCC2CNC2CC2)C1. The van der Waals surface area contributed by atoms with Crippen LogP contribution < -0.4 is 5.32 Å². The molecule has 0 aromatic carbocycles. The maximum absolute atomic E-state index is 3.72. The van der Waals surface area contributed by atoms with Gasteiger partial charge in [0.15, 0.2) is 0 Å². The van der Waals surface area contributed by atoms with Crippen LogP contribution in [0.1, 0.15) is 38.5 Å². The average molecular weight is 251 g/mol. The summed E-state index contributed by atoms with van der Waals surface area (Å²) < 4.78 is 0. The first-order valence-corrected chi connectivity index (χ1v) is 7.88. The molecule has 1 saturated heterocycles. The maximum Gasteiger partial charge on any atom is 0.0217 e. The van der Waals surface area contributed by atoms with E-state index in [4.69, 9.17) is 0 Å². The van der Waals surface area contributed by atoms with Crippen molar-refractivity contribution in [1.29, 1.82) is 0 Å². The lowest BCUT2D eigenvalue weighted by Gasteiger charge is -2.48. The van der Waals surface area contributed by atoms with Crippen LogP contribution in [0.3, 0.4) is 0 Å². The maximum atomic E-state index is 3.72. The minimum atomic E-state index is 0.788. The van der Waals surface area contributed by atoms with Crippen molar-refractivity contribution in [3.63, 3.8) is 0 Å². The van der Waals surface area contributed by atoms with Crippen molar-refractivity contribution in [1.82, 2.24) is 15.1 Å². The molecular weight excluding hydrogens is 222 g/mol. The molecule has 3 nitrogen and oxygen atoms in total. The van der Waals surface area contributed by atoms with Crippen molar-refractivity contribution in [2.75, 3.05) is 33.7 Å². The van der Waals surface area contributed by atoms with Crippen molar-refractivity contribution >= 4 is 0 Å². The highest BCUT2D eigenvalue weighted by atomic mass is 15.2. The van der Waals surface area contributed by atoms with E-state index in [0.29, 0.717) is 0 Å². The first-order chi connectivity index (χ1) is 8.74. The van der Waals surface area contributed by atoms with Crippen LogP contribution in [0.25, 0.3) is 0 Å². The Morgan fingerprint density at radius 1 is 1.11 bits per heavy atom. The number of hydrogen-bond acceptors (Lipinski definition) is 3. The predicted molar refractivity (Wildman–Crippen MR) is 75.8 cm³/mol. The topological polar surface area (TPSA) is 18.5 Å². The number of nitrogens with one attached hydrogen (secondary N) is 1. The number of likely N-dealkylation sites (tertiary alicyclic amines) is 1. The Labute approximate surface area is 112 Å². The smallest absolute Gasteiger partial charge is 0.0217 e.